The molecule has 0 radical (unpaired) electrons. The molecule has 110 valence electrons. The third-order valence-corrected chi connectivity index (χ3v) is 4.20. The van der Waals surface area contributed by atoms with Crippen LogP contribution in [0.25, 0.3) is 0 Å². The molecule has 0 spiro atoms. The number of nitrogens with one attached hydrogen (secondary N) is 1. The van der Waals surface area contributed by atoms with Crippen LogP contribution in [0.5, 0.6) is 0 Å². The van der Waals surface area contributed by atoms with E-state index in [4.69, 9.17) is 10.5 Å². The summed E-state index contributed by atoms with van der Waals surface area (Å²) in [6.45, 7) is 5.92. The molecule has 0 bridgehead atoms. The maximum atomic E-state index is 12.3. The number of nitrogens with zero attached hydrogens (tertiary/aromatic N) is 1. The average Bonchev–Trinajstić information content (AvgIpc) is 2.86. The van der Waals surface area contributed by atoms with E-state index in [1.54, 1.807) is 11.4 Å². The van der Waals surface area contributed by atoms with Crippen molar-refractivity contribution in [2.75, 3.05) is 25.0 Å². The number of amides is 2. The standard InChI is InChI=1S/C13H19N3O3S/c1-8-7-16(4-5-19-8)9(2)12(18)15-13-10(11(14)17)3-6-20-13/h3,6,8-9H,4-5,7H2,1-2H3,(H2,14,17)(H,15,18)/t8-,9+/m0/s1. The first-order chi connectivity index (χ1) is 9.49. The van der Waals surface area contributed by atoms with E-state index < -0.39 is 5.91 Å². The van der Waals surface area contributed by atoms with Crippen molar-refractivity contribution >= 4 is 28.2 Å². The van der Waals surface area contributed by atoms with Crippen LogP contribution in [0.2, 0.25) is 0 Å². The molecule has 7 heteroatoms. The van der Waals surface area contributed by atoms with Gasteiger partial charge in [-0.3, -0.25) is 14.5 Å². The van der Waals surface area contributed by atoms with E-state index in [0.717, 1.165) is 13.1 Å². The second kappa shape index (κ2) is 6.34. The molecule has 0 aromatic carbocycles. The molecule has 2 atom stereocenters. The Morgan fingerprint density at radius 2 is 2.35 bits per heavy atom. The summed E-state index contributed by atoms with van der Waals surface area (Å²) in [6.07, 6.45) is 0.127. The van der Waals surface area contributed by atoms with Crippen LogP contribution >= 0.6 is 11.3 Å². The summed E-state index contributed by atoms with van der Waals surface area (Å²) in [7, 11) is 0. The first-order valence-corrected chi connectivity index (χ1v) is 7.41. The highest BCUT2D eigenvalue weighted by Gasteiger charge is 2.26. The van der Waals surface area contributed by atoms with Gasteiger partial charge in [0.15, 0.2) is 0 Å². The molecule has 1 aliphatic rings. The second-order valence-electron chi connectivity index (χ2n) is 4.87. The molecular formula is C13H19N3O3S. The SMILES string of the molecule is C[C@H](C(=O)Nc1sccc1C(N)=O)N1CCO[C@@H](C)C1. The van der Waals surface area contributed by atoms with Gasteiger partial charge in [-0.15, -0.1) is 11.3 Å². The Balaban J connectivity index is 2.00. The van der Waals surface area contributed by atoms with Gasteiger partial charge in [-0.1, -0.05) is 0 Å². The van der Waals surface area contributed by atoms with Crippen LogP contribution in [0, 0.1) is 0 Å². The van der Waals surface area contributed by atoms with Crippen molar-refractivity contribution < 1.29 is 14.3 Å². The lowest BCUT2D eigenvalue weighted by Gasteiger charge is -2.34. The summed E-state index contributed by atoms with van der Waals surface area (Å²) >= 11 is 1.29. The van der Waals surface area contributed by atoms with Crippen molar-refractivity contribution in [3.05, 3.63) is 17.0 Å². The zero-order valence-electron chi connectivity index (χ0n) is 11.6. The summed E-state index contributed by atoms with van der Waals surface area (Å²) in [6, 6.07) is 1.34. The number of hydrogen-bond acceptors (Lipinski definition) is 5. The minimum absolute atomic E-state index is 0.127. The van der Waals surface area contributed by atoms with Gasteiger partial charge in [0, 0.05) is 13.1 Å². The molecule has 1 aliphatic heterocycles. The van der Waals surface area contributed by atoms with Gasteiger partial charge < -0.3 is 15.8 Å². The topological polar surface area (TPSA) is 84.7 Å². The molecule has 1 saturated heterocycles. The van der Waals surface area contributed by atoms with Crippen molar-refractivity contribution in [1.82, 2.24) is 4.90 Å². The van der Waals surface area contributed by atoms with E-state index in [1.807, 2.05) is 13.8 Å². The van der Waals surface area contributed by atoms with Gasteiger partial charge in [0.1, 0.15) is 5.00 Å². The molecule has 3 N–H and O–H groups in total. The molecule has 2 rings (SSSR count). The molecular weight excluding hydrogens is 278 g/mol. The number of carbonyl (C=O) groups excluding carboxylic acids is 2. The average molecular weight is 297 g/mol. The van der Waals surface area contributed by atoms with Crippen molar-refractivity contribution in [2.45, 2.75) is 26.0 Å². The fourth-order valence-corrected chi connectivity index (χ4v) is 2.97. The predicted molar refractivity (Wildman–Crippen MR) is 77.9 cm³/mol. The zero-order chi connectivity index (χ0) is 14.7. The largest absolute Gasteiger partial charge is 0.376 e. The van der Waals surface area contributed by atoms with E-state index in [-0.39, 0.29) is 18.1 Å². The minimum atomic E-state index is -0.533. The summed E-state index contributed by atoms with van der Waals surface area (Å²) in [5, 5.41) is 5.02. The smallest absolute Gasteiger partial charge is 0.251 e. The van der Waals surface area contributed by atoms with Crippen molar-refractivity contribution in [3.63, 3.8) is 0 Å². The van der Waals surface area contributed by atoms with E-state index in [1.165, 1.54) is 11.3 Å². The molecule has 1 fully saturated rings. The number of rotatable bonds is 4. The maximum Gasteiger partial charge on any atom is 0.251 e. The third kappa shape index (κ3) is 3.36. The van der Waals surface area contributed by atoms with Crippen LogP contribution in [0.4, 0.5) is 5.00 Å². The molecule has 0 unspecified atom stereocenters. The second-order valence-corrected chi connectivity index (χ2v) is 5.79. The van der Waals surface area contributed by atoms with Crippen molar-refractivity contribution in [1.29, 1.82) is 0 Å². The van der Waals surface area contributed by atoms with E-state index >= 15 is 0 Å². The predicted octanol–water partition coefficient (Wildman–Crippen LogP) is 0.895. The third-order valence-electron chi connectivity index (χ3n) is 3.37. The van der Waals surface area contributed by atoms with E-state index in [2.05, 4.69) is 10.2 Å². The summed E-state index contributed by atoms with van der Waals surface area (Å²) in [5.41, 5.74) is 5.61. The van der Waals surface area contributed by atoms with Gasteiger partial charge in [0.2, 0.25) is 5.91 Å². The van der Waals surface area contributed by atoms with E-state index in [0.29, 0.717) is 17.2 Å². The lowest BCUT2D eigenvalue weighted by Crippen LogP contribution is -2.50. The molecule has 2 heterocycles. The molecule has 6 nitrogen and oxygen atoms in total. The highest BCUT2D eigenvalue weighted by Crippen LogP contribution is 2.23. The fraction of sp³-hybridized carbons (Fsp3) is 0.538. The number of anilines is 1. The minimum Gasteiger partial charge on any atom is -0.376 e. The van der Waals surface area contributed by atoms with Crippen LogP contribution in [-0.4, -0.2) is 48.6 Å². The number of nitrogens with two attached hydrogens (primary N) is 1. The van der Waals surface area contributed by atoms with E-state index in [9.17, 15) is 9.59 Å². The Morgan fingerprint density at radius 3 is 3.00 bits per heavy atom. The van der Waals surface area contributed by atoms with Crippen molar-refractivity contribution in [2.24, 2.45) is 5.73 Å². The maximum absolute atomic E-state index is 12.3. The number of thiophene rings is 1. The Hall–Kier alpha value is -1.44. The Kier molecular flexibility index (Phi) is 4.74. The Labute approximate surface area is 121 Å². The zero-order valence-corrected chi connectivity index (χ0v) is 12.4. The number of morpholine rings is 1. The fourth-order valence-electron chi connectivity index (χ4n) is 2.18. The highest BCUT2D eigenvalue weighted by molar-refractivity contribution is 7.14. The summed E-state index contributed by atoms with van der Waals surface area (Å²) in [5.74, 6) is -0.668. The molecule has 0 saturated carbocycles. The van der Waals surface area contributed by atoms with Crippen molar-refractivity contribution in [3.8, 4) is 0 Å². The highest BCUT2D eigenvalue weighted by atomic mass is 32.1. The van der Waals surface area contributed by atoms with Gasteiger partial charge in [0.25, 0.3) is 5.91 Å². The van der Waals surface area contributed by atoms with Gasteiger partial charge in [-0.2, -0.15) is 0 Å². The molecule has 2 amide bonds. The number of carbonyl (C=O) groups is 2. The van der Waals surface area contributed by atoms with Crippen LogP contribution in [-0.2, 0) is 9.53 Å². The quantitative estimate of drug-likeness (QED) is 0.864. The normalized spacial score (nSPS) is 21.4. The first kappa shape index (κ1) is 15.0. The molecule has 1 aromatic rings. The van der Waals surface area contributed by atoms with Gasteiger partial charge >= 0.3 is 0 Å². The lowest BCUT2D eigenvalue weighted by molar-refractivity contribution is -0.123. The van der Waals surface area contributed by atoms with Gasteiger partial charge in [-0.05, 0) is 25.3 Å². The molecule has 20 heavy (non-hydrogen) atoms. The summed E-state index contributed by atoms with van der Waals surface area (Å²) in [4.78, 5) is 25.6. The number of primary amides is 1. The Morgan fingerprint density at radius 1 is 1.60 bits per heavy atom. The van der Waals surface area contributed by atoms with Crippen LogP contribution in [0.3, 0.4) is 0 Å². The van der Waals surface area contributed by atoms with Gasteiger partial charge in [-0.25, -0.2) is 0 Å². The lowest BCUT2D eigenvalue weighted by atomic mass is 10.2. The summed E-state index contributed by atoms with van der Waals surface area (Å²) < 4.78 is 5.46. The van der Waals surface area contributed by atoms with Gasteiger partial charge in [0.05, 0.1) is 24.3 Å². The van der Waals surface area contributed by atoms with Crippen LogP contribution in [0.15, 0.2) is 11.4 Å². The Bertz CT molecular complexity index is 503. The van der Waals surface area contributed by atoms with Crippen LogP contribution in [0.1, 0.15) is 24.2 Å². The number of ether oxygens (including phenoxy) is 1. The van der Waals surface area contributed by atoms with Crippen LogP contribution < -0.4 is 11.1 Å². The molecule has 0 aliphatic carbocycles. The molecule has 1 aromatic heterocycles. The number of hydrogen-bond donors (Lipinski definition) is 2. The first-order valence-electron chi connectivity index (χ1n) is 6.53. The monoisotopic (exact) mass is 297 g/mol.